The van der Waals surface area contributed by atoms with Crippen molar-refractivity contribution < 1.29 is 21.6 Å². The number of hydrogen-bond donors (Lipinski definition) is 2. The fraction of sp³-hybridized carbons (Fsp3) is 0.438. The van der Waals surface area contributed by atoms with Gasteiger partial charge in [-0.2, -0.15) is 13.2 Å². The van der Waals surface area contributed by atoms with E-state index >= 15 is 0 Å². The molecule has 28 heavy (non-hydrogen) atoms. The van der Waals surface area contributed by atoms with Crippen molar-refractivity contribution in [3.63, 3.8) is 0 Å². The number of pyridine rings is 1. The molecule has 1 atom stereocenters. The number of piperidine rings is 1. The molecule has 0 aromatic carbocycles. The van der Waals surface area contributed by atoms with Gasteiger partial charge in [-0.15, -0.1) is 10.2 Å². The summed E-state index contributed by atoms with van der Waals surface area (Å²) in [7, 11) is -4.45. The fourth-order valence-electron chi connectivity index (χ4n) is 3.58. The number of anilines is 1. The molecular weight excluding hydrogens is 397 g/mol. The highest BCUT2D eigenvalue weighted by Crippen LogP contribution is 2.31. The van der Waals surface area contributed by atoms with E-state index in [9.17, 15) is 21.6 Å². The minimum atomic E-state index is -4.78. The van der Waals surface area contributed by atoms with Crippen LogP contribution in [0.15, 0.2) is 24.5 Å². The zero-order valence-electron chi connectivity index (χ0n) is 14.6. The zero-order chi connectivity index (χ0) is 19.9. The van der Waals surface area contributed by atoms with Gasteiger partial charge in [0.05, 0.1) is 11.1 Å². The first-order valence-electron chi connectivity index (χ1n) is 8.62. The normalized spacial score (nSPS) is 18.8. The lowest BCUT2D eigenvalue weighted by Crippen LogP contribution is -2.49. The molecule has 1 unspecified atom stereocenters. The monoisotopic (exact) mass is 414 g/mol. The standard InChI is InChI=1S/C16H17F3N6O2S/c17-16(18,19)9-28(26,27)24-10-2-1-7-25(8-10)12-4-6-21-15-13(12)11-3-5-20-14(11)22-23-15/h3-6,10,24H,1-2,7-9H2,(H,20,22). The number of halogens is 3. The Balaban J connectivity index is 1.63. The fourth-order valence-corrected chi connectivity index (χ4v) is 4.80. The predicted molar refractivity (Wildman–Crippen MR) is 97.4 cm³/mol. The first kappa shape index (κ1) is 18.9. The summed E-state index contributed by atoms with van der Waals surface area (Å²) in [5.74, 6) is -1.88. The van der Waals surface area contributed by atoms with E-state index < -0.39 is 28.0 Å². The highest BCUT2D eigenvalue weighted by molar-refractivity contribution is 7.89. The topological polar surface area (TPSA) is 104 Å². The van der Waals surface area contributed by atoms with Crippen molar-refractivity contribution in [1.29, 1.82) is 0 Å². The van der Waals surface area contributed by atoms with Crippen LogP contribution in [-0.2, 0) is 10.0 Å². The third-order valence-corrected chi connectivity index (χ3v) is 6.01. The highest BCUT2D eigenvalue weighted by atomic mass is 32.2. The van der Waals surface area contributed by atoms with Crippen LogP contribution in [0.5, 0.6) is 0 Å². The Bertz CT molecular complexity index is 1110. The Morgan fingerprint density at radius 3 is 2.89 bits per heavy atom. The molecule has 0 aliphatic carbocycles. The predicted octanol–water partition coefficient (Wildman–Crippen LogP) is 1.96. The lowest BCUT2D eigenvalue weighted by Gasteiger charge is -2.35. The van der Waals surface area contributed by atoms with Crippen molar-refractivity contribution in [3.8, 4) is 0 Å². The van der Waals surface area contributed by atoms with Crippen LogP contribution in [-0.4, -0.2) is 59.6 Å². The smallest absolute Gasteiger partial charge is 0.369 e. The second kappa shape index (κ2) is 6.85. The van der Waals surface area contributed by atoms with Gasteiger partial charge in [-0.25, -0.2) is 18.1 Å². The summed E-state index contributed by atoms with van der Waals surface area (Å²) >= 11 is 0. The van der Waals surface area contributed by atoms with Gasteiger partial charge < -0.3 is 9.88 Å². The number of aromatic amines is 1. The Hall–Kier alpha value is -2.47. The molecule has 2 N–H and O–H groups in total. The Morgan fingerprint density at radius 2 is 2.11 bits per heavy atom. The number of nitrogens with zero attached hydrogens (tertiary/aromatic N) is 4. The van der Waals surface area contributed by atoms with E-state index in [4.69, 9.17) is 0 Å². The molecule has 4 heterocycles. The number of sulfonamides is 1. The molecule has 0 radical (unpaired) electrons. The van der Waals surface area contributed by atoms with Crippen LogP contribution < -0.4 is 9.62 Å². The molecule has 0 spiro atoms. The van der Waals surface area contributed by atoms with Gasteiger partial charge in [-0.05, 0) is 25.0 Å². The summed E-state index contributed by atoms with van der Waals surface area (Å²) in [6.07, 6.45) is -0.351. The molecule has 8 nitrogen and oxygen atoms in total. The maximum atomic E-state index is 12.5. The van der Waals surface area contributed by atoms with E-state index in [1.165, 1.54) is 0 Å². The van der Waals surface area contributed by atoms with Crippen LogP contribution in [0.25, 0.3) is 22.1 Å². The molecule has 0 saturated carbocycles. The summed E-state index contributed by atoms with van der Waals surface area (Å²) in [5, 5.41) is 9.77. The van der Waals surface area contributed by atoms with Gasteiger partial charge in [-0.1, -0.05) is 0 Å². The molecule has 1 fully saturated rings. The lowest BCUT2D eigenvalue weighted by atomic mass is 10.0. The van der Waals surface area contributed by atoms with Gasteiger partial charge in [0.25, 0.3) is 0 Å². The average molecular weight is 414 g/mol. The van der Waals surface area contributed by atoms with Gasteiger partial charge in [0, 0.05) is 36.9 Å². The number of alkyl halides is 3. The van der Waals surface area contributed by atoms with Crippen LogP contribution in [0.4, 0.5) is 18.9 Å². The quantitative estimate of drug-likeness (QED) is 0.676. The van der Waals surface area contributed by atoms with E-state index in [1.807, 2.05) is 11.0 Å². The second-order valence-corrected chi connectivity index (χ2v) is 8.50. The van der Waals surface area contributed by atoms with E-state index in [0.29, 0.717) is 30.7 Å². The average Bonchev–Trinajstić information content (AvgIpc) is 3.07. The number of rotatable bonds is 4. The van der Waals surface area contributed by atoms with E-state index in [-0.39, 0.29) is 6.54 Å². The van der Waals surface area contributed by atoms with E-state index in [1.54, 1.807) is 18.5 Å². The number of nitrogens with one attached hydrogen (secondary N) is 2. The lowest BCUT2D eigenvalue weighted by molar-refractivity contribution is -0.106. The van der Waals surface area contributed by atoms with Gasteiger partial charge in [0.2, 0.25) is 10.0 Å². The van der Waals surface area contributed by atoms with Crippen LogP contribution in [0.1, 0.15) is 12.8 Å². The third-order valence-electron chi connectivity index (χ3n) is 4.61. The third kappa shape index (κ3) is 3.87. The molecule has 12 heteroatoms. The SMILES string of the molecule is O=S(=O)(CC(F)(F)F)NC1CCCN(c2ccnc3nnc4[nH]ccc4c23)C1. The first-order chi connectivity index (χ1) is 13.2. The molecule has 150 valence electrons. The molecule has 3 aromatic rings. The summed E-state index contributed by atoms with van der Waals surface area (Å²) in [4.78, 5) is 9.17. The molecule has 1 aliphatic rings. The van der Waals surface area contributed by atoms with Crippen molar-refractivity contribution in [2.24, 2.45) is 0 Å². The highest BCUT2D eigenvalue weighted by Gasteiger charge is 2.36. The van der Waals surface area contributed by atoms with Gasteiger partial charge in [0.15, 0.2) is 17.0 Å². The van der Waals surface area contributed by atoms with Crippen molar-refractivity contribution in [2.45, 2.75) is 25.1 Å². The number of fused-ring (bicyclic) bond motifs is 3. The molecular formula is C16H17F3N6O2S. The maximum absolute atomic E-state index is 12.5. The number of H-pyrrole nitrogens is 1. The molecule has 1 saturated heterocycles. The van der Waals surface area contributed by atoms with Crippen LogP contribution in [0, 0.1) is 0 Å². The molecule has 3 aromatic heterocycles. The molecule has 4 rings (SSSR count). The van der Waals surface area contributed by atoms with Gasteiger partial charge >= 0.3 is 6.18 Å². The first-order valence-corrected chi connectivity index (χ1v) is 10.3. The molecule has 1 aliphatic heterocycles. The van der Waals surface area contributed by atoms with Crippen molar-refractivity contribution in [2.75, 3.05) is 23.7 Å². The Morgan fingerprint density at radius 1 is 1.29 bits per heavy atom. The number of hydrogen-bond acceptors (Lipinski definition) is 6. The van der Waals surface area contributed by atoms with Gasteiger partial charge in [-0.3, -0.25) is 0 Å². The van der Waals surface area contributed by atoms with Crippen LogP contribution >= 0.6 is 0 Å². The summed E-state index contributed by atoms with van der Waals surface area (Å²) < 4.78 is 63.3. The minimum absolute atomic E-state index is 0.254. The molecule has 0 amide bonds. The summed E-state index contributed by atoms with van der Waals surface area (Å²) in [5.41, 5.74) is 1.84. The minimum Gasteiger partial charge on any atom is -0.369 e. The second-order valence-electron chi connectivity index (χ2n) is 6.75. The zero-order valence-corrected chi connectivity index (χ0v) is 15.4. The summed E-state index contributed by atoms with van der Waals surface area (Å²) in [6.45, 7) is 0.898. The van der Waals surface area contributed by atoms with Crippen molar-refractivity contribution in [3.05, 3.63) is 24.5 Å². The van der Waals surface area contributed by atoms with Crippen LogP contribution in [0.3, 0.4) is 0 Å². The van der Waals surface area contributed by atoms with E-state index in [0.717, 1.165) is 16.5 Å². The van der Waals surface area contributed by atoms with E-state index in [2.05, 4.69) is 24.9 Å². The Labute approximate surface area is 158 Å². The summed E-state index contributed by atoms with van der Waals surface area (Å²) in [6, 6.07) is 3.04. The number of aromatic nitrogens is 4. The Kier molecular flexibility index (Phi) is 4.62. The van der Waals surface area contributed by atoms with Crippen LogP contribution in [0.2, 0.25) is 0 Å². The largest absolute Gasteiger partial charge is 0.404 e. The van der Waals surface area contributed by atoms with Gasteiger partial charge in [0.1, 0.15) is 0 Å². The maximum Gasteiger partial charge on any atom is 0.404 e. The molecule has 0 bridgehead atoms. The van der Waals surface area contributed by atoms with Crippen molar-refractivity contribution >= 4 is 37.8 Å². The van der Waals surface area contributed by atoms with Crippen molar-refractivity contribution in [1.82, 2.24) is 24.9 Å².